The Morgan fingerprint density at radius 2 is 1.75 bits per heavy atom. The number of carbonyl (C=O) groups excluding carboxylic acids is 2. The van der Waals surface area contributed by atoms with Crippen LogP contribution >= 0.6 is 0 Å². The minimum absolute atomic E-state index is 0.0402. The summed E-state index contributed by atoms with van der Waals surface area (Å²) in [5.41, 5.74) is 3.14. The van der Waals surface area contributed by atoms with Crippen LogP contribution in [-0.4, -0.2) is 43.5 Å². The number of benzene rings is 2. The molecule has 1 N–H and O–H groups in total. The molecular formula is C26H36N2O4. The SMILES string of the molecule is CCCNC(=O)[C@H](CC)N(Cc1ccccc1C)C(=O)CCc1ccc(OC)c(OC)c1. The van der Waals surface area contributed by atoms with Gasteiger partial charge in [-0.2, -0.15) is 0 Å². The van der Waals surface area contributed by atoms with E-state index in [-0.39, 0.29) is 11.8 Å². The van der Waals surface area contributed by atoms with Crippen LogP contribution in [0.1, 0.15) is 49.8 Å². The molecule has 6 heteroatoms. The van der Waals surface area contributed by atoms with Crippen molar-refractivity contribution < 1.29 is 19.1 Å². The van der Waals surface area contributed by atoms with Gasteiger partial charge in [0.05, 0.1) is 14.2 Å². The summed E-state index contributed by atoms with van der Waals surface area (Å²) in [5, 5.41) is 2.96. The molecule has 2 aromatic carbocycles. The van der Waals surface area contributed by atoms with Crippen molar-refractivity contribution in [1.82, 2.24) is 10.2 Å². The number of carbonyl (C=O) groups is 2. The Morgan fingerprint density at radius 3 is 2.38 bits per heavy atom. The Morgan fingerprint density at radius 1 is 1.03 bits per heavy atom. The number of nitrogens with zero attached hydrogens (tertiary/aromatic N) is 1. The third-order valence-corrected chi connectivity index (χ3v) is 5.61. The van der Waals surface area contributed by atoms with Crippen molar-refractivity contribution in [1.29, 1.82) is 0 Å². The topological polar surface area (TPSA) is 67.9 Å². The number of ether oxygens (including phenoxy) is 2. The van der Waals surface area contributed by atoms with Crippen LogP contribution in [0.5, 0.6) is 11.5 Å². The minimum atomic E-state index is -0.501. The van der Waals surface area contributed by atoms with Crippen molar-refractivity contribution in [2.75, 3.05) is 20.8 Å². The Labute approximate surface area is 191 Å². The smallest absolute Gasteiger partial charge is 0.242 e. The van der Waals surface area contributed by atoms with Crippen LogP contribution in [0.2, 0.25) is 0 Å². The molecule has 0 aliphatic carbocycles. The molecule has 0 radical (unpaired) electrons. The van der Waals surface area contributed by atoms with Crippen LogP contribution in [-0.2, 0) is 22.6 Å². The minimum Gasteiger partial charge on any atom is -0.493 e. The van der Waals surface area contributed by atoms with E-state index in [0.717, 1.165) is 23.1 Å². The molecule has 0 aliphatic rings. The van der Waals surface area contributed by atoms with Crippen molar-refractivity contribution in [3.05, 3.63) is 59.2 Å². The number of hydrogen-bond acceptors (Lipinski definition) is 4. The molecular weight excluding hydrogens is 404 g/mol. The van der Waals surface area contributed by atoms with Gasteiger partial charge in [0.15, 0.2) is 11.5 Å². The predicted octanol–water partition coefficient (Wildman–Crippen LogP) is 4.28. The van der Waals surface area contributed by atoms with Crippen LogP contribution in [0.3, 0.4) is 0 Å². The Balaban J connectivity index is 2.22. The van der Waals surface area contributed by atoms with E-state index in [1.54, 1.807) is 19.1 Å². The second-order valence-electron chi connectivity index (χ2n) is 7.85. The first kappa shape index (κ1) is 25.2. The molecule has 0 heterocycles. The van der Waals surface area contributed by atoms with Crippen molar-refractivity contribution in [3.63, 3.8) is 0 Å². The Bertz CT molecular complexity index is 897. The number of amides is 2. The summed E-state index contributed by atoms with van der Waals surface area (Å²) < 4.78 is 10.7. The fourth-order valence-electron chi connectivity index (χ4n) is 3.69. The van der Waals surface area contributed by atoms with Crippen molar-refractivity contribution >= 4 is 11.8 Å². The van der Waals surface area contributed by atoms with Gasteiger partial charge in [0, 0.05) is 19.5 Å². The van der Waals surface area contributed by atoms with E-state index in [1.165, 1.54) is 0 Å². The predicted molar refractivity (Wildman–Crippen MR) is 127 cm³/mol. The number of nitrogens with one attached hydrogen (secondary N) is 1. The van der Waals surface area contributed by atoms with E-state index in [4.69, 9.17) is 9.47 Å². The monoisotopic (exact) mass is 440 g/mol. The highest BCUT2D eigenvalue weighted by atomic mass is 16.5. The maximum absolute atomic E-state index is 13.4. The zero-order chi connectivity index (χ0) is 23.5. The fraction of sp³-hybridized carbons (Fsp3) is 0.462. The van der Waals surface area contributed by atoms with Crippen LogP contribution in [0, 0.1) is 6.92 Å². The van der Waals surface area contributed by atoms with Crippen LogP contribution in [0.4, 0.5) is 0 Å². The first-order chi connectivity index (χ1) is 15.4. The number of rotatable bonds is 12. The highest BCUT2D eigenvalue weighted by Crippen LogP contribution is 2.28. The highest BCUT2D eigenvalue weighted by Gasteiger charge is 2.28. The fourth-order valence-corrected chi connectivity index (χ4v) is 3.69. The van der Waals surface area contributed by atoms with Crippen LogP contribution in [0.25, 0.3) is 0 Å². The summed E-state index contributed by atoms with van der Waals surface area (Å²) in [6, 6.07) is 13.2. The quantitative estimate of drug-likeness (QED) is 0.535. The molecule has 2 aromatic rings. The van der Waals surface area contributed by atoms with Gasteiger partial charge in [0.1, 0.15) is 6.04 Å². The van der Waals surface area contributed by atoms with Crippen LogP contribution in [0.15, 0.2) is 42.5 Å². The number of aryl methyl sites for hydroxylation is 2. The highest BCUT2D eigenvalue weighted by molar-refractivity contribution is 5.87. The summed E-state index contributed by atoms with van der Waals surface area (Å²) in [4.78, 5) is 28.0. The maximum atomic E-state index is 13.4. The lowest BCUT2D eigenvalue weighted by Crippen LogP contribution is -2.49. The van der Waals surface area contributed by atoms with Gasteiger partial charge in [-0.25, -0.2) is 0 Å². The first-order valence-corrected chi connectivity index (χ1v) is 11.3. The summed E-state index contributed by atoms with van der Waals surface area (Å²) >= 11 is 0. The number of hydrogen-bond donors (Lipinski definition) is 1. The molecule has 6 nitrogen and oxygen atoms in total. The molecule has 0 saturated carbocycles. The van der Waals surface area contributed by atoms with E-state index in [0.29, 0.717) is 43.9 Å². The second kappa shape index (κ2) is 12.7. The van der Waals surface area contributed by atoms with E-state index in [2.05, 4.69) is 5.32 Å². The van der Waals surface area contributed by atoms with Gasteiger partial charge >= 0.3 is 0 Å². The lowest BCUT2D eigenvalue weighted by molar-refractivity contribution is -0.141. The Kier molecular flexibility index (Phi) is 10.1. The first-order valence-electron chi connectivity index (χ1n) is 11.3. The van der Waals surface area contributed by atoms with E-state index in [1.807, 2.05) is 63.2 Å². The summed E-state index contributed by atoms with van der Waals surface area (Å²) in [7, 11) is 3.19. The van der Waals surface area contributed by atoms with Crippen LogP contribution < -0.4 is 14.8 Å². The Hall–Kier alpha value is -3.02. The van der Waals surface area contributed by atoms with Gasteiger partial charge in [0.2, 0.25) is 11.8 Å². The summed E-state index contributed by atoms with van der Waals surface area (Å²) in [5.74, 6) is 1.16. The molecule has 32 heavy (non-hydrogen) atoms. The molecule has 0 unspecified atom stereocenters. The van der Waals surface area contributed by atoms with Crippen molar-refractivity contribution in [3.8, 4) is 11.5 Å². The molecule has 2 amide bonds. The standard InChI is InChI=1S/C26H36N2O4/c1-6-16-27-26(30)22(7-2)28(18-21-11-9-8-10-19(21)3)25(29)15-13-20-12-14-23(31-4)24(17-20)32-5/h8-12,14,17,22H,6-7,13,15-16,18H2,1-5H3,(H,27,30)/t22-/m0/s1. The van der Waals surface area contributed by atoms with E-state index in [9.17, 15) is 9.59 Å². The lowest BCUT2D eigenvalue weighted by atomic mass is 10.0. The van der Waals surface area contributed by atoms with E-state index >= 15 is 0 Å². The maximum Gasteiger partial charge on any atom is 0.242 e. The number of methoxy groups -OCH3 is 2. The van der Waals surface area contributed by atoms with Crippen molar-refractivity contribution in [2.45, 2.75) is 59.0 Å². The molecule has 0 saturated heterocycles. The summed E-state index contributed by atoms with van der Waals surface area (Å²) in [6.45, 7) is 7.01. The zero-order valence-electron chi connectivity index (χ0n) is 19.9. The third-order valence-electron chi connectivity index (χ3n) is 5.61. The second-order valence-corrected chi connectivity index (χ2v) is 7.85. The zero-order valence-corrected chi connectivity index (χ0v) is 19.9. The third kappa shape index (κ3) is 6.74. The van der Waals surface area contributed by atoms with E-state index < -0.39 is 6.04 Å². The molecule has 0 fully saturated rings. The molecule has 0 aliphatic heterocycles. The largest absolute Gasteiger partial charge is 0.493 e. The average molecular weight is 441 g/mol. The molecule has 1 atom stereocenters. The molecule has 0 aromatic heterocycles. The van der Waals surface area contributed by atoms with Gasteiger partial charge in [-0.15, -0.1) is 0 Å². The van der Waals surface area contributed by atoms with Gasteiger partial charge < -0.3 is 19.7 Å². The normalized spacial score (nSPS) is 11.5. The van der Waals surface area contributed by atoms with Gasteiger partial charge in [0.25, 0.3) is 0 Å². The van der Waals surface area contributed by atoms with Crippen molar-refractivity contribution in [2.24, 2.45) is 0 Å². The molecule has 174 valence electrons. The van der Waals surface area contributed by atoms with Gasteiger partial charge in [-0.05, 0) is 55.0 Å². The molecule has 0 spiro atoms. The average Bonchev–Trinajstić information content (AvgIpc) is 2.81. The van der Waals surface area contributed by atoms with Gasteiger partial charge in [-0.3, -0.25) is 9.59 Å². The molecule has 0 bridgehead atoms. The summed E-state index contributed by atoms with van der Waals surface area (Å²) in [6.07, 6.45) is 2.27. The molecule has 2 rings (SSSR count). The van der Waals surface area contributed by atoms with Gasteiger partial charge in [-0.1, -0.05) is 44.2 Å². The lowest BCUT2D eigenvalue weighted by Gasteiger charge is -2.31.